The lowest BCUT2D eigenvalue weighted by Crippen LogP contribution is -2.39. The minimum atomic E-state index is -1.75. The molecule has 1 fully saturated rings. The molecule has 0 saturated carbocycles. The molecule has 4 atom stereocenters. The molecule has 1 saturated heterocycles. The molecule has 19 heteroatoms. The Kier molecular flexibility index (Phi) is 18.2. The van der Waals surface area contributed by atoms with Crippen molar-refractivity contribution in [2.45, 2.75) is 95.4 Å². The van der Waals surface area contributed by atoms with E-state index in [1.807, 2.05) is 103 Å². The molecule has 9 rings (SSSR count). The number of carbonyl (C=O) groups is 2. The van der Waals surface area contributed by atoms with Gasteiger partial charge in [0, 0.05) is 44.4 Å². The number of hydrogen-bond acceptors (Lipinski definition) is 14. The number of carbonyl (C=O) groups excluding carboxylic acids is 2. The highest BCUT2D eigenvalue weighted by atomic mass is 31.2. The van der Waals surface area contributed by atoms with Crippen LogP contribution in [-0.2, 0) is 33.7 Å². The van der Waals surface area contributed by atoms with Gasteiger partial charge in [0.05, 0.1) is 52.4 Å². The van der Waals surface area contributed by atoms with Crippen LogP contribution in [0.1, 0.15) is 93.3 Å². The van der Waals surface area contributed by atoms with E-state index in [-0.39, 0.29) is 80.7 Å². The Morgan fingerprint density at radius 3 is 2.04 bits per heavy atom. The Morgan fingerprint density at radius 1 is 0.848 bits per heavy atom. The molecular weight excluding hydrogens is 1020 g/mol. The van der Waals surface area contributed by atoms with E-state index in [1.54, 1.807) is 25.8 Å². The number of benzene rings is 5. The molecule has 2 amide bonds. The zero-order chi connectivity index (χ0) is 55.6. The summed E-state index contributed by atoms with van der Waals surface area (Å²) in [4.78, 5) is 53.6. The summed E-state index contributed by atoms with van der Waals surface area (Å²) in [6.07, 6.45) is -0.442. The van der Waals surface area contributed by atoms with E-state index in [2.05, 4.69) is 78.0 Å². The number of ether oxygens (including phenoxy) is 5. The number of fused-ring (bicyclic) bond motifs is 4. The predicted octanol–water partition coefficient (Wildman–Crippen LogP) is 10.7. The van der Waals surface area contributed by atoms with Crippen molar-refractivity contribution in [3.8, 4) is 28.7 Å². The normalized spacial score (nSPS) is 16.4. The second-order valence-corrected chi connectivity index (χ2v) is 21.4. The first kappa shape index (κ1) is 56.2. The fourth-order valence-corrected chi connectivity index (χ4v) is 12.2. The van der Waals surface area contributed by atoms with Gasteiger partial charge in [0.25, 0.3) is 14.1 Å². The third kappa shape index (κ3) is 12.4. The minimum Gasteiger partial charge on any atom is -0.497 e. The summed E-state index contributed by atoms with van der Waals surface area (Å²) in [5.41, 5.74) is 5.48. The van der Waals surface area contributed by atoms with Crippen molar-refractivity contribution in [3.63, 3.8) is 0 Å². The van der Waals surface area contributed by atoms with Gasteiger partial charge in [0.15, 0.2) is 11.2 Å². The van der Waals surface area contributed by atoms with Crippen LogP contribution in [0.5, 0.6) is 11.5 Å². The van der Waals surface area contributed by atoms with Crippen LogP contribution < -0.4 is 20.3 Å². The zero-order valence-corrected chi connectivity index (χ0v) is 46.4. The lowest BCUT2D eigenvalue weighted by Gasteiger charge is -2.39. The number of H-pyrrole nitrogens is 1. The summed E-state index contributed by atoms with van der Waals surface area (Å²) in [5.74, 6) is 0.784. The quantitative estimate of drug-likeness (QED) is 0.0328. The molecule has 3 heterocycles. The first-order chi connectivity index (χ1) is 38.3. The van der Waals surface area contributed by atoms with Crippen molar-refractivity contribution >= 4 is 37.6 Å². The summed E-state index contributed by atoms with van der Waals surface area (Å²) < 4.78 is 48.7. The fraction of sp³-hybridized carbons (Fsp3) is 0.367. The van der Waals surface area contributed by atoms with Gasteiger partial charge in [-0.2, -0.15) is 10.2 Å². The Labute approximate surface area is 461 Å². The van der Waals surface area contributed by atoms with Crippen molar-refractivity contribution < 1.29 is 42.3 Å². The molecular formula is C60H67N8O10P. The van der Waals surface area contributed by atoms with Gasteiger partial charge in [0.2, 0.25) is 11.9 Å². The number of anilines is 1. The van der Waals surface area contributed by atoms with Crippen LogP contribution in [0.4, 0.5) is 10.7 Å². The van der Waals surface area contributed by atoms with Crippen LogP contribution in [0.3, 0.4) is 0 Å². The fourth-order valence-electron chi connectivity index (χ4n) is 10.5. The third-order valence-corrected chi connectivity index (χ3v) is 16.4. The molecule has 2 aliphatic rings. The number of aromatic amines is 1. The lowest BCUT2D eigenvalue weighted by molar-refractivity contribution is -0.116. The van der Waals surface area contributed by atoms with Crippen molar-refractivity contribution in [2.75, 3.05) is 52.9 Å². The van der Waals surface area contributed by atoms with E-state index in [0.717, 1.165) is 38.9 Å². The van der Waals surface area contributed by atoms with Gasteiger partial charge in [-0.3, -0.25) is 24.5 Å². The maximum absolute atomic E-state index is 13.7. The van der Waals surface area contributed by atoms with E-state index < -0.39 is 50.1 Å². The van der Waals surface area contributed by atoms with E-state index in [1.165, 1.54) is 11.2 Å². The Balaban J connectivity index is 0.947. The summed E-state index contributed by atoms with van der Waals surface area (Å²) >= 11 is 0. The maximum atomic E-state index is 13.7. The Hall–Kier alpha value is -7.49. The molecule has 2 aromatic heterocycles. The van der Waals surface area contributed by atoms with Crippen molar-refractivity contribution in [2.24, 2.45) is 0 Å². The molecule has 7 aromatic rings. The first-order valence-corrected chi connectivity index (χ1v) is 27.7. The highest BCUT2D eigenvalue weighted by molar-refractivity contribution is 7.44. The van der Waals surface area contributed by atoms with Gasteiger partial charge in [-0.1, -0.05) is 103 Å². The highest BCUT2D eigenvalue weighted by Crippen LogP contribution is 2.51. The summed E-state index contributed by atoms with van der Waals surface area (Å²) in [6.45, 7) is 8.87. The van der Waals surface area contributed by atoms with Crippen molar-refractivity contribution in [3.05, 3.63) is 172 Å². The number of aromatic nitrogens is 4. The molecule has 18 nitrogen and oxygen atoms in total. The number of rotatable bonds is 24. The van der Waals surface area contributed by atoms with E-state index in [9.17, 15) is 19.6 Å². The maximum Gasteiger partial charge on any atom is 0.409 e. The average Bonchev–Trinajstić information content (AvgIpc) is 4.39. The zero-order valence-electron chi connectivity index (χ0n) is 45.5. The van der Waals surface area contributed by atoms with Gasteiger partial charge in [-0.25, -0.2) is 14.4 Å². The van der Waals surface area contributed by atoms with Gasteiger partial charge < -0.3 is 37.6 Å². The summed E-state index contributed by atoms with van der Waals surface area (Å²) in [7, 11) is 3.13. The second-order valence-electron chi connectivity index (χ2n) is 20.0. The summed E-state index contributed by atoms with van der Waals surface area (Å²) in [6, 6.07) is 44.0. The smallest absolute Gasteiger partial charge is 0.409 e. The number of methoxy groups -OCH3 is 2. The summed E-state index contributed by atoms with van der Waals surface area (Å²) in [5, 5.41) is 12.3. The number of imidazole rings is 1. The standard InChI is InChI=1S/C60H67N8O10P/c1-39(2)68(40(3)4)79(76-34-16-32-61)78-51-35-54(77-52(51)37-75-60(41-17-9-8-10-18-41,42-24-28-44(72-6)29-25-42)43-26-30-45(73-7)31-27-43)67-38-62-55-56(67)64-58(65-57(55)70)63-53(69)23-15-33-66(5)59(71)74-36-50-48-21-13-11-19-46(48)47-20-12-14-22-49(47)50/h8-14,17-22,24-31,38-40,50-52,54H,15-16,23,33-37H2,1-7H3,(H2,63,64,65,69,70)/t51-,52+,54+,79?/m0/s1. The average molecular weight is 1090 g/mol. The molecule has 5 aromatic carbocycles. The van der Waals surface area contributed by atoms with E-state index >= 15 is 0 Å². The van der Waals surface area contributed by atoms with Crippen LogP contribution in [0, 0.1) is 11.3 Å². The van der Waals surface area contributed by atoms with Crippen LogP contribution in [0.2, 0.25) is 0 Å². The molecule has 0 bridgehead atoms. The van der Waals surface area contributed by atoms with Gasteiger partial charge in [-0.15, -0.1) is 0 Å². The molecule has 1 unspecified atom stereocenters. The predicted molar refractivity (Wildman–Crippen MR) is 301 cm³/mol. The number of nitrogens with one attached hydrogen (secondary N) is 2. The van der Waals surface area contributed by atoms with Crippen LogP contribution in [-0.4, -0.2) is 113 Å². The van der Waals surface area contributed by atoms with Gasteiger partial charge >= 0.3 is 6.09 Å². The van der Waals surface area contributed by atoms with Gasteiger partial charge in [0.1, 0.15) is 36.0 Å². The van der Waals surface area contributed by atoms with Crippen LogP contribution in [0.25, 0.3) is 22.3 Å². The number of amides is 2. The molecule has 0 radical (unpaired) electrons. The monoisotopic (exact) mass is 1090 g/mol. The van der Waals surface area contributed by atoms with Gasteiger partial charge in [-0.05, 0) is 97.3 Å². The number of nitriles is 1. The molecule has 412 valence electrons. The number of hydrogen-bond donors (Lipinski definition) is 2. The van der Waals surface area contributed by atoms with E-state index in [4.69, 9.17) is 37.7 Å². The highest BCUT2D eigenvalue weighted by Gasteiger charge is 2.45. The van der Waals surface area contributed by atoms with Crippen LogP contribution in [0.15, 0.2) is 139 Å². The largest absolute Gasteiger partial charge is 0.497 e. The first-order valence-electron chi connectivity index (χ1n) is 26.5. The molecule has 1 aliphatic heterocycles. The molecule has 79 heavy (non-hydrogen) atoms. The number of nitrogens with zero attached hydrogens (tertiary/aromatic N) is 6. The SMILES string of the molecule is COc1ccc(C(OC[C@H]2O[C@@H](n3cnc4c(=O)[nH]c(NC(=O)CCCN(C)C(=O)OCC5c6ccccc6-c6ccccc65)nc43)C[C@@H]2OP(OCCC#N)N(C(C)C)C(C)C)(c2ccccc2)c2ccc(OC)cc2)cc1. The molecule has 0 spiro atoms. The second kappa shape index (κ2) is 25.5. The topological polar surface area (TPSA) is 205 Å². The van der Waals surface area contributed by atoms with Crippen LogP contribution >= 0.6 is 8.53 Å². The molecule has 2 N–H and O–H groups in total. The molecule has 1 aliphatic carbocycles. The Morgan fingerprint density at radius 2 is 1.44 bits per heavy atom. The Bertz CT molecular complexity index is 3190. The minimum absolute atomic E-state index is 0.00270. The van der Waals surface area contributed by atoms with Crippen molar-refractivity contribution in [1.82, 2.24) is 29.1 Å². The third-order valence-electron chi connectivity index (χ3n) is 14.3. The van der Waals surface area contributed by atoms with E-state index in [0.29, 0.717) is 17.9 Å². The lowest BCUT2D eigenvalue weighted by atomic mass is 9.80. The van der Waals surface area contributed by atoms with Crippen molar-refractivity contribution in [1.29, 1.82) is 5.26 Å².